The molecule has 0 amide bonds. The van der Waals surface area contributed by atoms with Crippen molar-refractivity contribution in [1.82, 2.24) is 9.29 Å². The Morgan fingerprint density at radius 2 is 2.37 bits per heavy atom. The summed E-state index contributed by atoms with van der Waals surface area (Å²) in [7, 11) is -1.34. The molecule has 3 unspecified atom stereocenters. The third kappa shape index (κ3) is 2.59. The fraction of sp³-hybridized carbons (Fsp3) is 0.500. The Bertz CT molecular complexity index is 604. The van der Waals surface area contributed by atoms with Crippen molar-refractivity contribution in [3.63, 3.8) is 0 Å². The molecule has 1 aromatic heterocycles. The summed E-state index contributed by atoms with van der Waals surface area (Å²) in [5.41, 5.74) is 1.12. The van der Waals surface area contributed by atoms with Crippen molar-refractivity contribution in [3.8, 4) is 0 Å². The van der Waals surface area contributed by atoms with Crippen LogP contribution >= 0.6 is 0 Å². The van der Waals surface area contributed by atoms with E-state index in [9.17, 15) is 9.32 Å². The van der Waals surface area contributed by atoms with Crippen molar-refractivity contribution in [2.45, 2.75) is 31.1 Å². The van der Waals surface area contributed by atoms with E-state index >= 15 is 0 Å². The van der Waals surface area contributed by atoms with E-state index in [0.29, 0.717) is 22.8 Å². The van der Waals surface area contributed by atoms with Crippen molar-refractivity contribution >= 4 is 16.0 Å². The highest BCUT2D eigenvalue weighted by Gasteiger charge is 2.27. The number of aliphatic hydroxyl groups excluding tert-OH is 1. The van der Waals surface area contributed by atoms with Gasteiger partial charge >= 0.3 is 0 Å². The fourth-order valence-electron chi connectivity index (χ4n) is 2.18. The van der Waals surface area contributed by atoms with Crippen LogP contribution in [0.25, 0.3) is 6.08 Å². The lowest BCUT2D eigenvalue weighted by Gasteiger charge is -2.13. The second kappa shape index (κ2) is 5.09. The van der Waals surface area contributed by atoms with Crippen LogP contribution in [0.15, 0.2) is 17.2 Å². The number of nitrogens with zero attached hydrogens (tertiary/aromatic N) is 1. The molecule has 1 aromatic rings. The van der Waals surface area contributed by atoms with Gasteiger partial charge in [0.2, 0.25) is 0 Å². The minimum absolute atomic E-state index is 0.167. The van der Waals surface area contributed by atoms with E-state index in [1.54, 1.807) is 30.8 Å². The maximum Gasteiger partial charge on any atom is 0.197 e. The van der Waals surface area contributed by atoms with Crippen molar-refractivity contribution in [1.29, 1.82) is 4.78 Å². The lowest BCUT2D eigenvalue weighted by Crippen LogP contribution is -2.29. The molecule has 0 aliphatic carbocycles. The van der Waals surface area contributed by atoms with Crippen LogP contribution in [0.3, 0.4) is 0 Å². The average molecular weight is 285 g/mol. The smallest absolute Gasteiger partial charge is 0.197 e. The molecule has 2 rings (SSSR count). The number of rotatable bonds is 3. The van der Waals surface area contributed by atoms with Gasteiger partial charge < -0.3 is 14.4 Å². The molecule has 106 valence electrons. The van der Waals surface area contributed by atoms with Gasteiger partial charge in [-0.05, 0) is 13.8 Å². The van der Waals surface area contributed by atoms with Crippen LogP contribution in [0.5, 0.6) is 0 Å². The molecule has 0 fully saturated rings. The topological polar surface area (TPSA) is 87.3 Å². The first-order valence-corrected chi connectivity index (χ1v) is 7.65. The Balaban J connectivity index is 2.61. The van der Waals surface area contributed by atoms with Crippen molar-refractivity contribution < 1.29 is 14.1 Å². The summed E-state index contributed by atoms with van der Waals surface area (Å²) >= 11 is 0. The number of hydrogen-bond acceptors (Lipinski definition) is 4. The molecular formula is C12H19N3O3S. The Morgan fingerprint density at radius 1 is 1.68 bits per heavy atom. The van der Waals surface area contributed by atoms with Crippen LogP contribution in [0, 0.1) is 4.78 Å². The maximum atomic E-state index is 12.4. The van der Waals surface area contributed by atoms with Gasteiger partial charge in [-0.15, -0.1) is 0 Å². The standard InChI is InChI=1S/C12H19N3O3S/c1-4-18-12(16)11-9-6-5-8(2)14-19(13,17)10(9)7-15(11)3/h5-8,12,16H,4H2,1-3H3,(H2,13,14,17). The number of nitrogens with one attached hydrogen (secondary N) is 2. The molecule has 3 atom stereocenters. The summed E-state index contributed by atoms with van der Waals surface area (Å²) < 4.78 is 30.0. The largest absolute Gasteiger partial charge is 0.363 e. The zero-order valence-electron chi connectivity index (χ0n) is 11.2. The Labute approximate surface area is 113 Å². The highest BCUT2D eigenvalue weighted by atomic mass is 32.2. The van der Waals surface area contributed by atoms with Crippen LogP contribution in [0.4, 0.5) is 0 Å². The number of aliphatic hydroxyl groups is 1. The number of aromatic nitrogens is 1. The maximum absolute atomic E-state index is 12.4. The zero-order chi connectivity index (χ0) is 14.2. The molecule has 1 aliphatic rings. The van der Waals surface area contributed by atoms with E-state index in [-0.39, 0.29) is 6.04 Å². The Hall–Kier alpha value is -1.15. The van der Waals surface area contributed by atoms with Crippen molar-refractivity contribution in [2.24, 2.45) is 7.05 Å². The minimum atomic E-state index is -3.08. The molecule has 0 radical (unpaired) electrons. The van der Waals surface area contributed by atoms with E-state index in [2.05, 4.69) is 4.72 Å². The summed E-state index contributed by atoms with van der Waals surface area (Å²) in [6.45, 7) is 3.99. The molecule has 19 heavy (non-hydrogen) atoms. The number of ether oxygens (including phenoxy) is 1. The predicted octanol–water partition coefficient (Wildman–Crippen LogP) is 1.38. The van der Waals surface area contributed by atoms with Gasteiger partial charge in [0.15, 0.2) is 6.29 Å². The minimum Gasteiger partial charge on any atom is -0.363 e. The first-order chi connectivity index (χ1) is 8.86. The van der Waals surface area contributed by atoms with Crippen molar-refractivity contribution in [3.05, 3.63) is 23.5 Å². The number of hydrogen-bond donors (Lipinski definition) is 3. The van der Waals surface area contributed by atoms with Crippen LogP contribution in [-0.2, 0) is 21.7 Å². The Kier molecular flexibility index (Phi) is 3.82. The molecule has 0 aromatic carbocycles. The highest BCUT2D eigenvalue weighted by molar-refractivity contribution is 7.90. The summed E-state index contributed by atoms with van der Waals surface area (Å²) in [6, 6.07) is -0.167. The van der Waals surface area contributed by atoms with E-state index < -0.39 is 16.2 Å². The van der Waals surface area contributed by atoms with Gasteiger partial charge in [0, 0.05) is 31.5 Å². The van der Waals surface area contributed by atoms with Crippen LogP contribution in [-0.4, -0.2) is 26.5 Å². The zero-order valence-corrected chi connectivity index (χ0v) is 12.0. The van der Waals surface area contributed by atoms with Gasteiger partial charge in [0.05, 0.1) is 10.6 Å². The molecule has 0 saturated heterocycles. The van der Waals surface area contributed by atoms with Gasteiger partial charge in [-0.25, -0.2) is 13.7 Å². The summed E-state index contributed by atoms with van der Waals surface area (Å²) in [4.78, 5) is 0.379. The molecule has 2 heterocycles. The van der Waals surface area contributed by atoms with Gasteiger partial charge in [0.1, 0.15) is 9.92 Å². The molecule has 0 bridgehead atoms. The van der Waals surface area contributed by atoms with Gasteiger partial charge in [-0.1, -0.05) is 12.2 Å². The molecule has 0 saturated carbocycles. The van der Waals surface area contributed by atoms with E-state index in [4.69, 9.17) is 9.52 Å². The summed E-state index contributed by atoms with van der Waals surface area (Å²) in [6.07, 6.45) is 4.12. The van der Waals surface area contributed by atoms with E-state index in [1.807, 2.05) is 13.0 Å². The van der Waals surface area contributed by atoms with Gasteiger partial charge in [-0.2, -0.15) is 0 Å². The summed E-state index contributed by atoms with van der Waals surface area (Å²) in [5.74, 6) is 0. The SMILES string of the molecule is CCOC(O)c1c2c(cn1C)S(=N)(=O)NC(C)C=C2. The second-order valence-electron chi connectivity index (χ2n) is 4.53. The molecule has 0 spiro atoms. The molecule has 3 N–H and O–H groups in total. The monoisotopic (exact) mass is 285 g/mol. The fourth-order valence-corrected chi connectivity index (χ4v) is 3.69. The lowest BCUT2D eigenvalue weighted by molar-refractivity contribution is -0.102. The van der Waals surface area contributed by atoms with Crippen LogP contribution in [0.1, 0.15) is 31.4 Å². The summed E-state index contributed by atoms with van der Waals surface area (Å²) in [5, 5.41) is 10.0. The third-order valence-corrected chi connectivity index (χ3v) is 4.65. The lowest BCUT2D eigenvalue weighted by atomic mass is 10.2. The second-order valence-corrected chi connectivity index (χ2v) is 6.32. The van der Waals surface area contributed by atoms with Gasteiger partial charge in [0.25, 0.3) is 0 Å². The first kappa shape index (κ1) is 14.3. The van der Waals surface area contributed by atoms with Crippen LogP contribution < -0.4 is 4.72 Å². The number of fused-ring (bicyclic) bond motifs is 1. The third-order valence-electron chi connectivity index (χ3n) is 3.00. The normalized spacial score (nSPS) is 27.9. The molecule has 6 nitrogen and oxygen atoms in total. The molecular weight excluding hydrogens is 266 g/mol. The van der Waals surface area contributed by atoms with Gasteiger partial charge in [-0.3, -0.25) is 0 Å². The first-order valence-electron chi connectivity index (χ1n) is 6.10. The molecule has 7 heteroatoms. The quantitative estimate of drug-likeness (QED) is 0.733. The van der Waals surface area contributed by atoms with E-state index in [0.717, 1.165) is 0 Å². The number of aryl methyl sites for hydroxylation is 1. The van der Waals surface area contributed by atoms with E-state index in [1.165, 1.54) is 0 Å². The Morgan fingerprint density at radius 3 is 3.00 bits per heavy atom. The predicted molar refractivity (Wildman–Crippen MR) is 72.8 cm³/mol. The van der Waals surface area contributed by atoms with Crippen molar-refractivity contribution in [2.75, 3.05) is 6.61 Å². The highest BCUT2D eigenvalue weighted by Crippen LogP contribution is 2.30. The molecule has 1 aliphatic heterocycles. The van der Waals surface area contributed by atoms with Crippen LogP contribution in [0.2, 0.25) is 0 Å². The average Bonchev–Trinajstić information content (AvgIpc) is 2.59.